The highest BCUT2D eigenvalue weighted by atomic mass is 15.3. The van der Waals surface area contributed by atoms with Crippen molar-refractivity contribution in [1.29, 1.82) is 0 Å². The van der Waals surface area contributed by atoms with Gasteiger partial charge in [-0.05, 0) is 32.7 Å². The molecule has 0 aliphatic carbocycles. The van der Waals surface area contributed by atoms with Crippen LogP contribution in [-0.4, -0.2) is 44.8 Å². The summed E-state index contributed by atoms with van der Waals surface area (Å²) < 4.78 is 2.00. The molecular formula is C14H27N5. The van der Waals surface area contributed by atoms with Gasteiger partial charge in [0.05, 0.1) is 6.54 Å². The number of hydrogen-bond acceptors (Lipinski definition) is 4. The summed E-state index contributed by atoms with van der Waals surface area (Å²) in [6.07, 6.45) is 2.86. The number of aromatic nitrogens is 3. The van der Waals surface area contributed by atoms with E-state index >= 15 is 0 Å². The molecule has 108 valence electrons. The Morgan fingerprint density at radius 3 is 2.95 bits per heavy atom. The van der Waals surface area contributed by atoms with Crippen LogP contribution in [0.1, 0.15) is 39.9 Å². The van der Waals surface area contributed by atoms with E-state index in [1.165, 1.54) is 6.42 Å². The number of aryl methyl sites for hydroxylation is 1. The third-order valence-corrected chi connectivity index (χ3v) is 4.17. The highest BCUT2D eigenvalue weighted by Gasteiger charge is 2.25. The third kappa shape index (κ3) is 3.54. The van der Waals surface area contributed by atoms with Crippen molar-refractivity contribution >= 4 is 0 Å². The fourth-order valence-corrected chi connectivity index (χ4v) is 2.68. The van der Waals surface area contributed by atoms with Crippen LogP contribution in [0.3, 0.4) is 0 Å². The maximum Gasteiger partial charge on any atom is 0.141 e. The number of nitrogens with zero attached hydrogens (tertiary/aromatic N) is 4. The SMILES string of the molecule is CCn1ncnc1CN1CC(C(C)C)NCCC1C. The molecule has 1 N–H and O–H groups in total. The van der Waals surface area contributed by atoms with E-state index in [1.807, 2.05) is 4.68 Å². The number of rotatable bonds is 4. The van der Waals surface area contributed by atoms with E-state index < -0.39 is 0 Å². The minimum atomic E-state index is 0.572. The van der Waals surface area contributed by atoms with Gasteiger partial charge in [0, 0.05) is 25.2 Å². The Morgan fingerprint density at radius 1 is 1.47 bits per heavy atom. The lowest BCUT2D eigenvalue weighted by molar-refractivity contribution is 0.177. The predicted octanol–water partition coefficient (Wildman–Crippen LogP) is 1.51. The van der Waals surface area contributed by atoms with Gasteiger partial charge in [0.25, 0.3) is 0 Å². The van der Waals surface area contributed by atoms with Crippen LogP contribution in [0.4, 0.5) is 0 Å². The molecule has 0 spiro atoms. The van der Waals surface area contributed by atoms with Crippen LogP contribution in [-0.2, 0) is 13.1 Å². The standard InChI is InChI=1S/C14H27N5/c1-5-19-14(16-10-17-19)9-18-8-13(11(2)3)15-7-6-12(18)4/h10-13,15H,5-9H2,1-4H3. The van der Waals surface area contributed by atoms with E-state index in [9.17, 15) is 0 Å². The topological polar surface area (TPSA) is 46.0 Å². The van der Waals surface area contributed by atoms with Crippen LogP contribution in [0.25, 0.3) is 0 Å². The molecule has 1 aliphatic rings. The molecular weight excluding hydrogens is 238 g/mol. The van der Waals surface area contributed by atoms with Crippen LogP contribution >= 0.6 is 0 Å². The van der Waals surface area contributed by atoms with E-state index in [0.29, 0.717) is 18.0 Å². The van der Waals surface area contributed by atoms with Crippen molar-refractivity contribution in [2.45, 2.75) is 59.3 Å². The van der Waals surface area contributed by atoms with Crippen LogP contribution in [0.2, 0.25) is 0 Å². The molecule has 0 amide bonds. The van der Waals surface area contributed by atoms with Gasteiger partial charge in [0.1, 0.15) is 12.2 Å². The monoisotopic (exact) mass is 265 g/mol. The lowest BCUT2D eigenvalue weighted by Gasteiger charge is -2.30. The molecule has 1 aromatic heterocycles. The number of nitrogens with one attached hydrogen (secondary N) is 1. The van der Waals surface area contributed by atoms with Gasteiger partial charge < -0.3 is 5.32 Å². The van der Waals surface area contributed by atoms with Crippen LogP contribution < -0.4 is 5.32 Å². The minimum absolute atomic E-state index is 0.572. The van der Waals surface area contributed by atoms with E-state index in [2.05, 4.69) is 48.0 Å². The second kappa shape index (κ2) is 6.48. The van der Waals surface area contributed by atoms with Gasteiger partial charge in [-0.15, -0.1) is 0 Å². The Morgan fingerprint density at radius 2 is 2.26 bits per heavy atom. The molecule has 1 aromatic rings. The van der Waals surface area contributed by atoms with E-state index in [0.717, 1.165) is 32.0 Å². The number of hydrogen-bond donors (Lipinski definition) is 1. The third-order valence-electron chi connectivity index (χ3n) is 4.17. The molecule has 1 saturated heterocycles. The predicted molar refractivity (Wildman–Crippen MR) is 76.8 cm³/mol. The highest BCUT2D eigenvalue weighted by molar-refractivity contribution is 4.89. The first-order valence-corrected chi connectivity index (χ1v) is 7.46. The van der Waals surface area contributed by atoms with Crippen molar-refractivity contribution < 1.29 is 0 Å². The van der Waals surface area contributed by atoms with Crippen molar-refractivity contribution in [1.82, 2.24) is 25.0 Å². The average Bonchev–Trinajstić information content (AvgIpc) is 2.74. The Labute approximate surface area is 116 Å². The van der Waals surface area contributed by atoms with Gasteiger partial charge in [-0.3, -0.25) is 4.90 Å². The maximum absolute atomic E-state index is 4.41. The van der Waals surface area contributed by atoms with E-state index in [4.69, 9.17) is 0 Å². The van der Waals surface area contributed by atoms with E-state index in [-0.39, 0.29) is 0 Å². The fourth-order valence-electron chi connectivity index (χ4n) is 2.68. The molecule has 0 radical (unpaired) electrons. The van der Waals surface area contributed by atoms with Gasteiger partial charge in [-0.2, -0.15) is 5.10 Å². The molecule has 5 heteroatoms. The van der Waals surface area contributed by atoms with Gasteiger partial charge in [0.2, 0.25) is 0 Å². The van der Waals surface area contributed by atoms with Crippen LogP contribution in [0.15, 0.2) is 6.33 Å². The minimum Gasteiger partial charge on any atom is -0.312 e. The molecule has 5 nitrogen and oxygen atoms in total. The Kier molecular flexibility index (Phi) is 4.93. The van der Waals surface area contributed by atoms with Crippen molar-refractivity contribution in [3.63, 3.8) is 0 Å². The first-order chi connectivity index (χ1) is 9.11. The van der Waals surface area contributed by atoms with E-state index in [1.54, 1.807) is 6.33 Å². The van der Waals surface area contributed by atoms with Crippen molar-refractivity contribution in [3.05, 3.63) is 12.2 Å². The summed E-state index contributed by atoms with van der Waals surface area (Å²) in [4.78, 5) is 6.95. The molecule has 1 fully saturated rings. The van der Waals surface area contributed by atoms with Gasteiger partial charge >= 0.3 is 0 Å². The summed E-state index contributed by atoms with van der Waals surface area (Å²) in [5.41, 5.74) is 0. The first kappa shape index (κ1) is 14.5. The quantitative estimate of drug-likeness (QED) is 0.896. The molecule has 2 unspecified atom stereocenters. The maximum atomic E-state index is 4.41. The lowest BCUT2D eigenvalue weighted by atomic mass is 10.0. The Hall–Kier alpha value is -0.940. The normalized spacial score (nSPS) is 25.7. The smallest absolute Gasteiger partial charge is 0.141 e. The van der Waals surface area contributed by atoms with Gasteiger partial charge in [-0.25, -0.2) is 9.67 Å². The summed E-state index contributed by atoms with van der Waals surface area (Å²) in [6, 6.07) is 1.17. The molecule has 0 saturated carbocycles. The lowest BCUT2D eigenvalue weighted by Crippen LogP contribution is -2.42. The molecule has 1 aliphatic heterocycles. The summed E-state index contributed by atoms with van der Waals surface area (Å²) in [6.45, 7) is 13.0. The van der Waals surface area contributed by atoms with Crippen LogP contribution in [0, 0.1) is 5.92 Å². The van der Waals surface area contributed by atoms with Gasteiger partial charge in [-0.1, -0.05) is 13.8 Å². The fraction of sp³-hybridized carbons (Fsp3) is 0.857. The summed E-state index contributed by atoms with van der Waals surface area (Å²) in [7, 11) is 0. The molecule has 0 aromatic carbocycles. The van der Waals surface area contributed by atoms with Gasteiger partial charge in [0.15, 0.2) is 0 Å². The van der Waals surface area contributed by atoms with Crippen molar-refractivity contribution in [2.75, 3.05) is 13.1 Å². The van der Waals surface area contributed by atoms with Crippen LogP contribution in [0.5, 0.6) is 0 Å². The average molecular weight is 265 g/mol. The molecule has 0 bridgehead atoms. The second-order valence-corrected chi connectivity index (χ2v) is 5.86. The zero-order valence-corrected chi connectivity index (χ0v) is 12.6. The zero-order chi connectivity index (χ0) is 13.8. The van der Waals surface area contributed by atoms with Crippen molar-refractivity contribution in [3.8, 4) is 0 Å². The first-order valence-electron chi connectivity index (χ1n) is 7.46. The Bertz CT molecular complexity index is 387. The molecule has 2 heterocycles. The van der Waals surface area contributed by atoms with Crippen molar-refractivity contribution in [2.24, 2.45) is 5.92 Å². The molecule has 19 heavy (non-hydrogen) atoms. The summed E-state index contributed by atoms with van der Waals surface area (Å²) >= 11 is 0. The second-order valence-electron chi connectivity index (χ2n) is 5.86. The zero-order valence-electron chi connectivity index (χ0n) is 12.6. The highest BCUT2D eigenvalue weighted by Crippen LogP contribution is 2.16. The molecule has 2 rings (SSSR count). The molecule has 2 atom stereocenters. The summed E-state index contributed by atoms with van der Waals surface area (Å²) in [5.74, 6) is 1.75. The summed E-state index contributed by atoms with van der Waals surface area (Å²) in [5, 5.41) is 7.93. The Balaban J connectivity index is 2.07. The largest absolute Gasteiger partial charge is 0.312 e.